The minimum absolute atomic E-state index is 0.0594. The molecule has 0 radical (unpaired) electrons. The third-order valence-corrected chi connectivity index (χ3v) is 4.58. The average Bonchev–Trinajstić information content (AvgIpc) is 3.43. The fourth-order valence-electron chi connectivity index (χ4n) is 3.33. The smallest absolute Gasteiger partial charge is 0.327 e. The second-order valence-electron chi connectivity index (χ2n) is 6.19. The van der Waals surface area contributed by atoms with E-state index >= 15 is 0 Å². The molecule has 1 saturated heterocycles. The van der Waals surface area contributed by atoms with Gasteiger partial charge >= 0.3 is 5.69 Å². The van der Waals surface area contributed by atoms with Crippen LogP contribution in [0.25, 0.3) is 28.1 Å². The average molecular weight is 366 g/mol. The Morgan fingerprint density at radius 2 is 2.11 bits per heavy atom. The summed E-state index contributed by atoms with van der Waals surface area (Å²) in [5, 5.41) is 0. The third-order valence-electron chi connectivity index (χ3n) is 4.58. The van der Waals surface area contributed by atoms with E-state index in [9.17, 15) is 4.79 Å². The standard InChI is InChI=1S/C17H16N6O2.C2H6/c24-17-20-13-8-18-16(23-10-19-12-5-1-2-6-14(12)23)21-15(13)22(17)9-11-4-3-7-25-11;1-2/h1-2,5-6,8,10-11H,3-4,7,9H2,(H,20,24);1-2H3. The van der Waals surface area contributed by atoms with E-state index in [0.717, 1.165) is 30.5 Å². The first-order valence-electron chi connectivity index (χ1n) is 9.29. The number of imidazole rings is 2. The molecule has 1 aromatic carbocycles. The van der Waals surface area contributed by atoms with E-state index in [4.69, 9.17) is 4.74 Å². The first-order chi connectivity index (χ1) is 13.3. The highest BCUT2D eigenvalue weighted by Crippen LogP contribution is 2.18. The fraction of sp³-hybridized carbons (Fsp3) is 0.368. The maximum absolute atomic E-state index is 12.3. The van der Waals surface area contributed by atoms with Gasteiger partial charge in [-0.25, -0.2) is 14.8 Å². The van der Waals surface area contributed by atoms with E-state index in [1.165, 1.54) is 0 Å². The number of nitrogens with one attached hydrogen (secondary N) is 1. The van der Waals surface area contributed by atoms with Crippen LogP contribution in [0.15, 0.2) is 41.6 Å². The zero-order chi connectivity index (χ0) is 18.8. The molecule has 27 heavy (non-hydrogen) atoms. The lowest BCUT2D eigenvalue weighted by Crippen LogP contribution is -2.24. The molecule has 8 nitrogen and oxygen atoms in total. The monoisotopic (exact) mass is 366 g/mol. The minimum atomic E-state index is -0.188. The molecule has 8 heteroatoms. The summed E-state index contributed by atoms with van der Waals surface area (Å²) in [5.41, 5.74) is 2.81. The molecule has 0 bridgehead atoms. The number of hydrogen-bond donors (Lipinski definition) is 1. The molecular weight excluding hydrogens is 344 g/mol. The molecule has 4 heterocycles. The van der Waals surface area contributed by atoms with Gasteiger partial charge in [-0.3, -0.25) is 9.13 Å². The van der Waals surface area contributed by atoms with E-state index in [2.05, 4.69) is 19.9 Å². The Balaban J connectivity index is 0.000000872. The van der Waals surface area contributed by atoms with Gasteiger partial charge in [-0.2, -0.15) is 4.98 Å². The van der Waals surface area contributed by atoms with Crippen molar-refractivity contribution in [2.75, 3.05) is 6.61 Å². The van der Waals surface area contributed by atoms with Crippen molar-refractivity contribution < 1.29 is 4.74 Å². The summed E-state index contributed by atoms with van der Waals surface area (Å²) in [6.07, 6.45) is 5.39. The predicted molar refractivity (Wildman–Crippen MR) is 103 cm³/mol. The molecule has 1 atom stereocenters. The van der Waals surface area contributed by atoms with Crippen molar-refractivity contribution in [3.8, 4) is 5.95 Å². The Morgan fingerprint density at radius 1 is 1.26 bits per heavy atom. The van der Waals surface area contributed by atoms with Gasteiger partial charge in [-0.05, 0) is 25.0 Å². The van der Waals surface area contributed by atoms with Crippen molar-refractivity contribution in [3.63, 3.8) is 0 Å². The van der Waals surface area contributed by atoms with Gasteiger partial charge in [0, 0.05) is 6.61 Å². The maximum atomic E-state index is 12.3. The lowest BCUT2D eigenvalue weighted by molar-refractivity contribution is 0.0970. The molecule has 1 unspecified atom stereocenters. The van der Waals surface area contributed by atoms with Crippen LogP contribution in [0.3, 0.4) is 0 Å². The molecule has 4 aromatic rings. The van der Waals surface area contributed by atoms with Gasteiger partial charge in [0.1, 0.15) is 11.8 Å². The largest absolute Gasteiger partial charge is 0.376 e. The number of aromatic nitrogens is 6. The van der Waals surface area contributed by atoms with Gasteiger partial charge in [-0.1, -0.05) is 26.0 Å². The van der Waals surface area contributed by atoms with Crippen LogP contribution in [-0.2, 0) is 11.3 Å². The summed E-state index contributed by atoms with van der Waals surface area (Å²) >= 11 is 0. The molecule has 0 amide bonds. The molecule has 5 rings (SSSR count). The summed E-state index contributed by atoms with van der Waals surface area (Å²) in [7, 11) is 0. The maximum Gasteiger partial charge on any atom is 0.327 e. The molecule has 1 fully saturated rings. The van der Waals surface area contributed by atoms with Crippen LogP contribution in [0, 0.1) is 0 Å². The first kappa shape index (κ1) is 17.4. The number of fused-ring (bicyclic) bond motifs is 2. The second-order valence-corrected chi connectivity index (χ2v) is 6.19. The van der Waals surface area contributed by atoms with Gasteiger partial charge < -0.3 is 9.72 Å². The normalized spacial score (nSPS) is 16.6. The Kier molecular flexibility index (Phi) is 4.72. The van der Waals surface area contributed by atoms with Crippen LogP contribution >= 0.6 is 0 Å². The molecule has 1 aliphatic rings. The minimum Gasteiger partial charge on any atom is -0.376 e. The lowest BCUT2D eigenvalue weighted by Gasteiger charge is -2.10. The summed E-state index contributed by atoms with van der Waals surface area (Å²) in [6.45, 7) is 5.25. The van der Waals surface area contributed by atoms with Gasteiger partial charge in [0.15, 0.2) is 5.65 Å². The van der Waals surface area contributed by atoms with Crippen molar-refractivity contribution in [1.29, 1.82) is 0 Å². The van der Waals surface area contributed by atoms with E-state index in [1.54, 1.807) is 17.1 Å². The highest BCUT2D eigenvalue weighted by Gasteiger charge is 2.20. The first-order valence-corrected chi connectivity index (χ1v) is 9.29. The number of H-pyrrole nitrogens is 1. The highest BCUT2D eigenvalue weighted by atomic mass is 16.5. The lowest BCUT2D eigenvalue weighted by atomic mass is 10.2. The number of para-hydroxylation sites is 2. The van der Waals surface area contributed by atoms with Crippen molar-refractivity contribution in [3.05, 3.63) is 47.3 Å². The SMILES string of the molecule is CC.O=c1[nH]c2cnc(-n3cnc4ccccc43)nc2n1CC1CCCO1. The van der Waals surface area contributed by atoms with Gasteiger partial charge in [0.05, 0.1) is 29.9 Å². The number of nitrogens with zero attached hydrogens (tertiary/aromatic N) is 5. The summed E-state index contributed by atoms with van der Waals surface area (Å²) in [6, 6.07) is 7.79. The van der Waals surface area contributed by atoms with E-state index < -0.39 is 0 Å². The molecule has 0 saturated carbocycles. The zero-order valence-corrected chi connectivity index (χ0v) is 15.4. The number of hydrogen-bond acceptors (Lipinski definition) is 5. The van der Waals surface area contributed by atoms with Gasteiger partial charge in [-0.15, -0.1) is 0 Å². The summed E-state index contributed by atoms with van der Waals surface area (Å²) in [4.78, 5) is 28.5. The van der Waals surface area contributed by atoms with Crippen LogP contribution in [0.4, 0.5) is 0 Å². The van der Waals surface area contributed by atoms with Crippen LogP contribution in [0.1, 0.15) is 26.7 Å². The van der Waals surface area contributed by atoms with Crippen molar-refractivity contribution in [2.45, 2.75) is 39.3 Å². The highest BCUT2D eigenvalue weighted by molar-refractivity contribution is 5.77. The fourth-order valence-corrected chi connectivity index (χ4v) is 3.33. The van der Waals surface area contributed by atoms with Crippen LogP contribution < -0.4 is 5.69 Å². The molecule has 0 aliphatic carbocycles. The Morgan fingerprint density at radius 3 is 2.93 bits per heavy atom. The van der Waals surface area contributed by atoms with Crippen molar-refractivity contribution in [1.82, 2.24) is 29.1 Å². The zero-order valence-electron chi connectivity index (χ0n) is 15.4. The molecule has 140 valence electrons. The number of rotatable bonds is 3. The predicted octanol–water partition coefficient (Wildman–Crippen LogP) is 2.66. The van der Waals surface area contributed by atoms with Crippen molar-refractivity contribution >= 4 is 22.2 Å². The molecule has 1 N–H and O–H groups in total. The Bertz CT molecular complexity index is 1120. The summed E-state index contributed by atoms with van der Waals surface area (Å²) in [5.74, 6) is 0.487. The molecule has 0 spiro atoms. The molecule has 3 aromatic heterocycles. The number of benzene rings is 1. The third kappa shape index (κ3) is 3.12. The Hall–Kier alpha value is -3.00. The van der Waals surface area contributed by atoms with Gasteiger partial charge in [0.25, 0.3) is 0 Å². The van der Waals surface area contributed by atoms with Gasteiger partial charge in [0.2, 0.25) is 5.95 Å². The van der Waals surface area contributed by atoms with E-state index in [-0.39, 0.29) is 11.8 Å². The van der Waals surface area contributed by atoms with E-state index in [0.29, 0.717) is 23.7 Å². The molecular formula is C19H22N6O2. The second kappa shape index (κ2) is 7.32. The number of aromatic amines is 1. The quantitative estimate of drug-likeness (QED) is 0.602. The molecule has 1 aliphatic heterocycles. The van der Waals surface area contributed by atoms with Crippen LogP contribution in [0.2, 0.25) is 0 Å². The number of ether oxygens (including phenoxy) is 1. The van der Waals surface area contributed by atoms with Crippen LogP contribution in [0.5, 0.6) is 0 Å². The van der Waals surface area contributed by atoms with Crippen molar-refractivity contribution in [2.24, 2.45) is 0 Å². The Labute approximate surface area is 155 Å². The van der Waals surface area contributed by atoms with Crippen LogP contribution in [-0.4, -0.2) is 41.8 Å². The summed E-state index contributed by atoms with van der Waals surface area (Å²) < 4.78 is 9.11. The van der Waals surface area contributed by atoms with E-state index in [1.807, 2.05) is 42.7 Å². The topological polar surface area (TPSA) is 90.6 Å².